The molecule has 0 radical (unpaired) electrons. The van der Waals surface area contributed by atoms with Gasteiger partial charge in [0.25, 0.3) is 0 Å². The number of fused-ring (bicyclic) bond motifs is 3. The number of aromatic nitrogens is 4. The van der Waals surface area contributed by atoms with E-state index in [1.54, 1.807) is 0 Å². The number of likely N-dealkylation sites (tertiary alicyclic amines) is 2. The molecular formula is C17H21N7O. The minimum Gasteiger partial charge on any atom is -0.345 e. The summed E-state index contributed by atoms with van der Waals surface area (Å²) >= 11 is 0. The number of urea groups is 1. The highest BCUT2D eigenvalue weighted by atomic mass is 16.2. The van der Waals surface area contributed by atoms with Crippen molar-refractivity contribution in [1.82, 2.24) is 29.2 Å². The van der Waals surface area contributed by atoms with Gasteiger partial charge in [-0.3, -0.25) is 4.40 Å². The highest BCUT2D eigenvalue weighted by molar-refractivity contribution is 5.76. The molecule has 0 saturated carbocycles. The summed E-state index contributed by atoms with van der Waals surface area (Å²) in [5, 5.41) is 0. The predicted molar refractivity (Wildman–Crippen MR) is 93.3 cm³/mol. The number of carbonyl (C=O) groups is 1. The third-order valence-electron chi connectivity index (χ3n) is 5.32. The Morgan fingerprint density at radius 3 is 2.88 bits per heavy atom. The predicted octanol–water partition coefficient (Wildman–Crippen LogP) is 1.15. The highest BCUT2D eigenvalue weighted by Crippen LogP contribution is 2.29. The van der Waals surface area contributed by atoms with Crippen LogP contribution in [0.2, 0.25) is 0 Å². The zero-order valence-corrected chi connectivity index (χ0v) is 13.9. The SMILES string of the molecule is NC1CN(C(=O)N2CCC[C@@H](c3ncc4cnc5[nH]ccc5n34)C2)C1. The van der Waals surface area contributed by atoms with Gasteiger partial charge in [0.15, 0.2) is 5.65 Å². The normalized spacial score (nSPS) is 21.9. The summed E-state index contributed by atoms with van der Waals surface area (Å²) in [7, 11) is 0. The minimum atomic E-state index is 0.112. The largest absolute Gasteiger partial charge is 0.345 e. The van der Waals surface area contributed by atoms with Crippen LogP contribution in [0.3, 0.4) is 0 Å². The molecule has 2 aliphatic heterocycles. The van der Waals surface area contributed by atoms with Gasteiger partial charge in [-0.25, -0.2) is 14.8 Å². The fourth-order valence-corrected chi connectivity index (χ4v) is 4.02. The molecule has 25 heavy (non-hydrogen) atoms. The number of imidazole rings is 1. The second-order valence-corrected chi connectivity index (χ2v) is 7.08. The summed E-state index contributed by atoms with van der Waals surface area (Å²) in [5.41, 5.74) is 8.68. The van der Waals surface area contributed by atoms with Gasteiger partial charge in [-0.05, 0) is 18.9 Å². The molecule has 130 valence electrons. The number of hydrogen-bond donors (Lipinski definition) is 2. The Bertz CT molecular complexity index is 939. The van der Waals surface area contributed by atoms with Crippen molar-refractivity contribution in [2.24, 2.45) is 5.73 Å². The van der Waals surface area contributed by atoms with Gasteiger partial charge in [-0.2, -0.15) is 0 Å². The van der Waals surface area contributed by atoms with Crippen LogP contribution in [0.4, 0.5) is 4.79 Å². The molecule has 0 aromatic carbocycles. The van der Waals surface area contributed by atoms with Crippen LogP contribution in [0.1, 0.15) is 24.6 Å². The number of aromatic amines is 1. The van der Waals surface area contributed by atoms with Gasteiger partial charge < -0.3 is 20.5 Å². The first-order valence-corrected chi connectivity index (χ1v) is 8.79. The van der Waals surface area contributed by atoms with E-state index in [0.29, 0.717) is 19.6 Å². The van der Waals surface area contributed by atoms with Crippen LogP contribution in [-0.4, -0.2) is 67.4 Å². The molecule has 2 aliphatic rings. The molecule has 0 aliphatic carbocycles. The van der Waals surface area contributed by atoms with Crippen molar-refractivity contribution in [3.8, 4) is 0 Å². The van der Waals surface area contributed by atoms with Crippen LogP contribution in [0.25, 0.3) is 16.7 Å². The van der Waals surface area contributed by atoms with Gasteiger partial charge in [0, 0.05) is 44.3 Å². The van der Waals surface area contributed by atoms with Crippen molar-refractivity contribution in [2.45, 2.75) is 24.8 Å². The molecule has 1 atom stereocenters. The number of rotatable bonds is 1. The second kappa shape index (κ2) is 5.45. The monoisotopic (exact) mass is 339 g/mol. The number of nitrogens with zero attached hydrogens (tertiary/aromatic N) is 5. The third-order valence-corrected chi connectivity index (χ3v) is 5.32. The number of piperidine rings is 1. The van der Waals surface area contributed by atoms with Crippen molar-refractivity contribution >= 4 is 22.7 Å². The molecule has 8 heteroatoms. The molecule has 0 spiro atoms. The second-order valence-electron chi connectivity index (χ2n) is 7.08. The average molecular weight is 339 g/mol. The first kappa shape index (κ1) is 14.7. The van der Waals surface area contributed by atoms with Crippen molar-refractivity contribution in [1.29, 1.82) is 0 Å². The zero-order chi connectivity index (χ0) is 17.0. The van der Waals surface area contributed by atoms with E-state index in [2.05, 4.69) is 19.4 Å². The van der Waals surface area contributed by atoms with Crippen LogP contribution in [0.15, 0.2) is 24.7 Å². The molecule has 3 aromatic rings. The van der Waals surface area contributed by atoms with E-state index in [1.807, 2.05) is 34.5 Å². The zero-order valence-electron chi connectivity index (χ0n) is 13.9. The lowest BCUT2D eigenvalue weighted by atomic mass is 9.97. The van der Waals surface area contributed by atoms with Crippen LogP contribution in [0, 0.1) is 0 Å². The van der Waals surface area contributed by atoms with Gasteiger partial charge in [0.2, 0.25) is 0 Å². The minimum absolute atomic E-state index is 0.112. The summed E-state index contributed by atoms with van der Waals surface area (Å²) in [6, 6.07) is 2.27. The van der Waals surface area contributed by atoms with E-state index in [9.17, 15) is 4.79 Å². The standard InChI is InChI=1S/C17H21N7O/c18-12-9-23(10-12)17(25)22-5-1-2-11(8-22)16-21-7-13-6-20-15-14(24(13)16)3-4-19-15/h3-4,6-7,11-12,19H,1-2,5,8-10,18H2/t11-/m1/s1. The fraction of sp³-hybridized carbons (Fsp3) is 0.471. The molecule has 0 bridgehead atoms. The van der Waals surface area contributed by atoms with Crippen molar-refractivity contribution in [3.05, 3.63) is 30.5 Å². The van der Waals surface area contributed by atoms with Gasteiger partial charge in [-0.15, -0.1) is 0 Å². The fourth-order valence-electron chi connectivity index (χ4n) is 4.02. The van der Waals surface area contributed by atoms with E-state index in [0.717, 1.165) is 41.9 Å². The number of H-pyrrole nitrogens is 1. The molecule has 3 aromatic heterocycles. The maximum absolute atomic E-state index is 12.6. The first-order chi connectivity index (χ1) is 12.2. The van der Waals surface area contributed by atoms with Gasteiger partial charge >= 0.3 is 6.03 Å². The molecule has 8 nitrogen and oxygen atoms in total. The van der Waals surface area contributed by atoms with Crippen LogP contribution < -0.4 is 5.73 Å². The Labute approximate surface area is 144 Å². The third kappa shape index (κ3) is 2.28. The van der Waals surface area contributed by atoms with E-state index in [1.165, 1.54) is 0 Å². The molecule has 2 amide bonds. The van der Waals surface area contributed by atoms with Crippen LogP contribution in [0.5, 0.6) is 0 Å². The lowest BCUT2D eigenvalue weighted by molar-refractivity contribution is 0.104. The first-order valence-electron chi connectivity index (χ1n) is 8.79. The lowest BCUT2D eigenvalue weighted by Crippen LogP contribution is -2.61. The van der Waals surface area contributed by atoms with Gasteiger partial charge in [-0.1, -0.05) is 0 Å². The van der Waals surface area contributed by atoms with Crippen molar-refractivity contribution < 1.29 is 4.79 Å². The van der Waals surface area contributed by atoms with E-state index in [-0.39, 0.29) is 18.0 Å². The number of nitrogens with one attached hydrogen (secondary N) is 1. The number of hydrogen-bond acceptors (Lipinski definition) is 4. The summed E-state index contributed by atoms with van der Waals surface area (Å²) in [6.45, 7) is 2.85. The summed E-state index contributed by atoms with van der Waals surface area (Å²) in [5.74, 6) is 1.25. The molecule has 3 N–H and O–H groups in total. The molecular weight excluding hydrogens is 318 g/mol. The van der Waals surface area contributed by atoms with E-state index in [4.69, 9.17) is 5.73 Å². The summed E-state index contributed by atoms with van der Waals surface area (Å²) < 4.78 is 2.16. The smallest absolute Gasteiger partial charge is 0.320 e. The summed E-state index contributed by atoms with van der Waals surface area (Å²) in [4.78, 5) is 28.7. The quantitative estimate of drug-likeness (QED) is 0.695. The summed E-state index contributed by atoms with van der Waals surface area (Å²) in [6.07, 6.45) is 7.63. The number of nitrogens with two attached hydrogens (primary N) is 1. The maximum atomic E-state index is 12.6. The van der Waals surface area contributed by atoms with Crippen molar-refractivity contribution in [3.63, 3.8) is 0 Å². The Hall–Kier alpha value is -2.61. The Balaban J connectivity index is 1.46. The van der Waals surface area contributed by atoms with Gasteiger partial charge in [0.05, 0.1) is 23.4 Å². The Morgan fingerprint density at radius 2 is 2.04 bits per heavy atom. The molecule has 2 saturated heterocycles. The maximum Gasteiger partial charge on any atom is 0.320 e. The number of amides is 2. The Morgan fingerprint density at radius 1 is 1.20 bits per heavy atom. The average Bonchev–Trinajstić information content (AvgIpc) is 3.24. The van der Waals surface area contributed by atoms with E-state index >= 15 is 0 Å². The van der Waals surface area contributed by atoms with Crippen LogP contribution in [-0.2, 0) is 0 Å². The molecule has 5 rings (SSSR count). The molecule has 0 unspecified atom stereocenters. The van der Waals surface area contributed by atoms with Crippen molar-refractivity contribution in [2.75, 3.05) is 26.2 Å². The van der Waals surface area contributed by atoms with Gasteiger partial charge in [0.1, 0.15) is 5.82 Å². The van der Waals surface area contributed by atoms with E-state index < -0.39 is 0 Å². The lowest BCUT2D eigenvalue weighted by Gasteiger charge is -2.42. The topological polar surface area (TPSA) is 95.5 Å². The Kier molecular flexibility index (Phi) is 3.21. The number of carbonyl (C=O) groups excluding carboxylic acids is 1. The van der Waals surface area contributed by atoms with Crippen LogP contribution >= 0.6 is 0 Å². The molecule has 5 heterocycles. The highest BCUT2D eigenvalue weighted by Gasteiger charge is 2.34. The molecule has 2 fully saturated rings.